The number of amides is 1. The van der Waals surface area contributed by atoms with E-state index in [1.54, 1.807) is 29.4 Å². The van der Waals surface area contributed by atoms with E-state index in [4.69, 9.17) is 5.73 Å². The van der Waals surface area contributed by atoms with Crippen molar-refractivity contribution in [3.05, 3.63) is 33.5 Å². The van der Waals surface area contributed by atoms with Gasteiger partial charge in [-0.2, -0.15) is 0 Å². The maximum atomic E-state index is 11.8. The third-order valence-corrected chi connectivity index (χ3v) is 3.81. The van der Waals surface area contributed by atoms with Gasteiger partial charge in [-0.05, 0) is 28.4 Å². The average molecular weight is 303 g/mol. The van der Waals surface area contributed by atoms with Gasteiger partial charge < -0.3 is 10.6 Å². The van der Waals surface area contributed by atoms with E-state index >= 15 is 0 Å². The van der Waals surface area contributed by atoms with E-state index in [9.17, 15) is 4.79 Å². The standard InChI is InChI=1S/C11H15BrN2OS/c1-3-4-10(13)11(15)14(2)6-9-5-8(12)7-16-9/h3,5,7,10H,1,4,6,13H2,2H3. The molecular formula is C11H15BrN2OS. The van der Waals surface area contributed by atoms with Gasteiger partial charge in [0.25, 0.3) is 0 Å². The number of halogens is 1. The van der Waals surface area contributed by atoms with Gasteiger partial charge in [-0.25, -0.2) is 0 Å². The highest BCUT2D eigenvalue weighted by atomic mass is 79.9. The van der Waals surface area contributed by atoms with Crippen molar-refractivity contribution in [1.82, 2.24) is 4.90 Å². The lowest BCUT2D eigenvalue weighted by Gasteiger charge is -2.19. The van der Waals surface area contributed by atoms with Crippen molar-refractivity contribution in [2.24, 2.45) is 5.73 Å². The summed E-state index contributed by atoms with van der Waals surface area (Å²) >= 11 is 5.00. The summed E-state index contributed by atoms with van der Waals surface area (Å²) in [6.45, 7) is 4.17. The molecule has 1 atom stereocenters. The molecule has 3 nitrogen and oxygen atoms in total. The number of thiophene rings is 1. The number of hydrogen-bond donors (Lipinski definition) is 1. The van der Waals surface area contributed by atoms with Crippen molar-refractivity contribution < 1.29 is 4.79 Å². The molecular weight excluding hydrogens is 288 g/mol. The Hall–Kier alpha value is -0.650. The van der Waals surface area contributed by atoms with Crippen molar-refractivity contribution in [2.75, 3.05) is 7.05 Å². The predicted octanol–water partition coefficient (Wildman–Crippen LogP) is 2.37. The number of carbonyl (C=O) groups is 1. The van der Waals surface area contributed by atoms with Crippen LogP contribution in [0, 0.1) is 0 Å². The zero-order valence-corrected chi connectivity index (χ0v) is 11.6. The minimum Gasteiger partial charge on any atom is -0.339 e. The van der Waals surface area contributed by atoms with Crippen molar-refractivity contribution in [3.8, 4) is 0 Å². The summed E-state index contributed by atoms with van der Waals surface area (Å²) in [4.78, 5) is 14.6. The van der Waals surface area contributed by atoms with E-state index in [-0.39, 0.29) is 5.91 Å². The summed E-state index contributed by atoms with van der Waals surface area (Å²) in [6.07, 6.45) is 2.18. The molecule has 2 N–H and O–H groups in total. The zero-order chi connectivity index (χ0) is 12.1. The molecule has 0 fully saturated rings. The Bertz CT molecular complexity index is 378. The van der Waals surface area contributed by atoms with Gasteiger partial charge in [0.2, 0.25) is 5.91 Å². The maximum Gasteiger partial charge on any atom is 0.239 e. The van der Waals surface area contributed by atoms with Gasteiger partial charge in [-0.15, -0.1) is 17.9 Å². The van der Waals surface area contributed by atoms with E-state index in [2.05, 4.69) is 22.5 Å². The SMILES string of the molecule is C=CCC(N)C(=O)N(C)Cc1cc(Br)cs1. The summed E-state index contributed by atoms with van der Waals surface area (Å²) in [5.74, 6) is -0.0515. The monoisotopic (exact) mass is 302 g/mol. The van der Waals surface area contributed by atoms with Crippen molar-refractivity contribution >= 4 is 33.2 Å². The number of nitrogens with zero attached hydrogens (tertiary/aromatic N) is 1. The molecule has 16 heavy (non-hydrogen) atoms. The first-order chi connectivity index (χ1) is 7.54. The van der Waals surface area contributed by atoms with E-state index in [1.165, 1.54) is 0 Å². The fourth-order valence-electron chi connectivity index (χ4n) is 1.31. The molecule has 1 heterocycles. The van der Waals surface area contributed by atoms with E-state index < -0.39 is 6.04 Å². The topological polar surface area (TPSA) is 46.3 Å². The minimum absolute atomic E-state index is 0.0515. The maximum absolute atomic E-state index is 11.8. The number of hydrogen-bond acceptors (Lipinski definition) is 3. The molecule has 0 aliphatic carbocycles. The highest BCUT2D eigenvalue weighted by molar-refractivity contribution is 9.10. The second kappa shape index (κ2) is 6.18. The second-order valence-electron chi connectivity index (χ2n) is 3.56. The molecule has 1 aromatic rings. The van der Waals surface area contributed by atoms with E-state index in [0.29, 0.717) is 13.0 Å². The Morgan fingerprint density at radius 1 is 1.81 bits per heavy atom. The smallest absolute Gasteiger partial charge is 0.239 e. The van der Waals surface area contributed by atoms with Gasteiger partial charge in [0.05, 0.1) is 12.6 Å². The Morgan fingerprint density at radius 3 is 3.00 bits per heavy atom. The summed E-state index contributed by atoms with van der Waals surface area (Å²) < 4.78 is 1.05. The van der Waals surface area contributed by atoms with Gasteiger partial charge in [-0.1, -0.05) is 6.08 Å². The van der Waals surface area contributed by atoms with Gasteiger partial charge in [-0.3, -0.25) is 4.79 Å². The largest absolute Gasteiger partial charge is 0.339 e. The highest BCUT2D eigenvalue weighted by Crippen LogP contribution is 2.20. The lowest BCUT2D eigenvalue weighted by molar-refractivity contribution is -0.131. The summed E-state index contributed by atoms with van der Waals surface area (Å²) in [7, 11) is 1.76. The Labute approximate surface area is 108 Å². The second-order valence-corrected chi connectivity index (χ2v) is 5.47. The fraction of sp³-hybridized carbons (Fsp3) is 0.364. The molecule has 0 bridgehead atoms. The number of likely N-dealkylation sites (N-methyl/N-ethyl adjacent to an activating group) is 1. The van der Waals surface area contributed by atoms with E-state index in [1.807, 2.05) is 11.4 Å². The number of carbonyl (C=O) groups excluding carboxylic acids is 1. The van der Waals surface area contributed by atoms with Gasteiger partial charge >= 0.3 is 0 Å². The van der Waals surface area contributed by atoms with Crippen LogP contribution in [0.4, 0.5) is 0 Å². The normalized spacial score (nSPS) is 12.2. The Balaban J connectivity index is 2.54. The first-order valence-corrected chi connectivity index (χ1v) is 6.56. The molecule has 0 saturated heterocycles. The Kier molecular flexibility index (Phi) is 5.18. The minimum atomic E-state index is -0.481. The zero-order valence-electron chi connectivity index (χ0n) is 9.15. The van der Waals surface area contributed by atoms with Crippen LogP contribution in [0.1, 0.15) is 11.3 Å². The molecule has 1 unspecified atom stereocenters. The van der Waals surface area contributed by atoms with Crippen LogP contribution in [0.25, 0.3) is 0 Å². The molecule has 0 saturated carbocycles. The quantitative estimate of drug-likeness (QED) is 0.849. The fourth-order valence-corrected chi connectivity index (χ4v) is 2.82. The first-order valence-electron chi connectivity index (χ1n) is 4.89. The Morgan fingerprint density at radius 2 is 2.50 bits per heavy atom. The van der Waals surface area contributed by atoms with Crippen LogP contribution >= 0.6 is 27.3 Å². The van der Waals surface area contributed by atoms with Crippen LogP contribution in [-0.4, -0.2) is 23.9 Å². The lowest BCUT2D eigenvalue weighted by Crippen LogP contribution is -2.40. The molecule has 0 spiro atoms. The first kappa shape index (κ1) is 13.4. The third kappa shape index (κ3) is 3.73. The van der Waals surface area contributed by atoms with Gasteiger partial charge in [0.15, 0.2) is 0 Å². The summed E-state index contributed by atoms with van der Waals surface area (Å²) in [5.41, 5.74) is 5.72. The van der Waals surface area contributed by atoms with Crippen molar-refractivity contribution in [1.29, 1.82) is 0 Å². The molecule has 88 valence electrons. The molecule has 0 aliphatic rings. The van der Waals surface area contributed by atoms with Crippen LogP contribution in [0.5, 0.6) is 0 Å². The molecule has 5 heteroatoms. The highest BCUT2D eigenvalue weighted by Gasteiger charge is 2.17. The molecule has 0 aromatic carbocycles. The predicted molar refractivity (Wildman–Crippen MR) is 71.3 cm³/mol. The molecule has 1 aromatic heterocycles. The van der Waals surface area contributed by atoms with Crippen LogP contribution in [0.3, 0.4) is 0 Å². The number of nitrogens with two attached hydrogens (primary N) is 1. The van der Waals surface area contributed by atoms with Crippen molar-refractivity contribution in [2.45, 2.75) is 19.0 Å². The molecule has 0 radical (unpaired) electrons. The lowest BCUT2D eigenvalue weighted by atomic mass is 10.2. The summed E-state index contributed by atoms with van der Waals surface area (Å²) in [5, 5.41) is 2.00. The van der Waals surface area contributed by atoms with Crippen LogP contribution in [0.15, 0.2) is 28.6 Å². The van der Waals surface area contributed by atoms with Crippen LogP contribution in [-0.2, 0) is 11.3 Å². The third-order valence-electron chi connectivity index (χ3n) is 2.13. The van der Waals surface area contributed by atoms with E-state index in [0.717, 1.165) is 9.35 Å². The average Bonchev–Trinajstić information content (AvgIpc) is 2.63. The number of rotatable bonds is 5. The van der Waals surface area contributed by atoms with Crippen molar-refractivity contribution in [3.63, 3.8) is 0 Å². The van der Waals surface area contributed by atoms with Crippen LogP contribution < -0.4 is 5.73 Å². The van der Waals surface area contributed by atoms with Gasteiger partial charge in [0.1, 0.15) is 0 Å². The summed E-state index contributed by atoms with van der Waals surface area (Å²) in [6, 6.07) is 1.53. The molecule has 1 rings (SSSR count). The van der Waals surface area contributed by atoms with Gasteiger partial charge in [0, 0.05) is 21.8 Å². The molecule has 1 amide bonds. The van der Waals surface area contributed by atoms with Crippen LogP contribution in [0.2, 0.25) is 0 Å². The molecule has 0 aliphatic heterocycles.